The maximum absolute atomic E-state index is 10.7. The molecule has 0 aromatic heterocycles. The van der Waals surface area contributed by atoms with Crippen LogP contribution >= 0.6 is 0 Å². The lowest BCUT2D eigenvalue weighted by Crippen LogP contribution is -2.36. The number of amides is 1. The fourth-order valence-electron chi connectivity index (χ4n) is 0.591. The van der Waals surface area contributed by atoms with E-state index in [4.69, 9.17) is 5.14 Å². The second-order valence-electron chi connectivity index (χ2n) is 1.80. The molecule has 4 nitrogen and oxygen atoms in total. The van der Waals surface area contributed by atoms with Gasteiger partial charge in [-0.25, -0.2) is 0 Å². The van der Waals surface area contributed by atoms with Crippen molar-refractivity contribution < 1.29 is 9.00 Å². The molecule has 1 aliphatic heterocycles. The molecule has 0 saturated carbocycles. The van der Waals surface area contributed by atoms with Crippen LogP contribution in [0.15, 0.2) is 0 Å². The first kappa shape index (κ1) is 5.71. The predicted molar refractivity (Wildman–Crippen MR) is 31.4 cm³/mol. The van der Waals surface area contributed by atoms with Crippen LogP contribution in [0.3, 0.4) is 0 Å². The van der Waals surface area contributed by atoms with E-state index in [-0.39, 0.29) is 5.91 Å². The van der Waals surface area contributed by atoms with Gasteiger partial charge in [0, 0.05) is 22.5 Å². The first-order valence-electron chi connectivity index (χ1n) is 2.29. The van der Waals surface area contributed by atoms with Crippen molar-refractivity contribution >= 4 is 16.2 Å². The summed E-state index contributed by atoms with van der Waals surface area (Å²) in [5, 5.41) is 5.09. The molecule has 0 aromatic rings. The van der Waals surface area contributed by atoms with Gasteiger partial charge in [-0.1, -0.05) is 0 Å². The molecule has 0 aliphatic carbocycles. The van der Waals surface area contributed by atoms with Crippen molar-refractivity contribution in [2.24, 2.45) is 5.14 Å². The quantitative estimate of drug-likeness (QED) is 0.348. The Morgan fingerprint density at radius 2 is 2.38 bits per heavy atom. The minimum absolute atomic E-state index is 0.198. The number of hydrogen-bond acceptors (Lipinski definition) is 2. The summed E-state index contributed by atoms with van der Waals surface area (Å²) in [6.45, 7) is 0. The number of carbonyl (C=O) groups excluding carboxylic acids is 1. The van der Waals surface area contributed by atoms with Crippen molar-refractivity contribution in [1.82, 2.24) is 4.72 Å². The Bertz CT molecular complexity index is 167. The van der Waals surface area contributed by atoms with Crippen molar-refractivity contribution in [1.29, 1.82) is 0 Å². The van der Waals surface area contributed by atoms with E-state index in [1.807, 2.05) is 0 Å². The first-order chi connectivity index (χ1) is 3.60. The summed E-state index contributed by atoms with van der Waals surface area (Å²) in [6.07, 6.45) is 0.313. The second kappa shape index (κ2) is 1.53. The highest BCUT2D eigenvalue weighted by Crippen LogP contribution is 2.01. The Balaban J connectivity index is 2.70. The zero-order chi connectivity index (χ0) is 6.20. The third-order valence-electron chi connectivity index (χ3n) is 0.985. The van der Waals surface area contributed by atoms with E-state index in [0.29, 0.717) is 12.2 Å². The van der Waals surface area contributed by atoms with Crippen LogP contribution in [0.4, 0.5) is 0 Å². The molecule has 0 atom stereocenters. The minimum atomic E-state index is -2.70. The smallest absolute Gasteiger partial charge is 0.231 e. The predicted octanol–water partition coefficient (Wildman–Crippen LogP) is -1.69. The van der Waals surface area contributed by atoms with E-state index in [1.165, 1.54) is 0 Å². The maximum Gasteiger partial charge on any atom is 0.231 e. The zero-order valence-corrected chi connectivity index (χ0v) is 5.15. The number of nitrogens with two attached hydrogens (primary N) is 1. The van der Waals surface area contributed by atoms with Gasteiger partial charge in [-0.05, 0) is 0 Å². The third-order valence-corrected chi connectivity index (χ3v) is 2.50. The van der Waals surface area contributed by atoms with Gasteiger partial charge in [-0.2, -0.15) is 0 Å². The summed E-state index contributed by atoms with van der Waals surface area (Å²) in [5.74, 6) is 0.113. The Hall–Kier alpha value is -0.420. The van der Waals surface area contributed by atoms with Crippen LogP contribution in [0.1, 0.15) is 6.42 Å². The molecule has 1 amide bonds. The van der Waals surface area contributed by atoms with Crippen LogP contribution in [-0.4, -0.2) is 15.9 Å². The molecule has 48 valence electrons. The first-order valence-corrected chi connectivity index (χ1v) is 4.25. The molecule has 1 saturated heterocycles. The maximum atomic E-state index is 10.7. The second-order valence-corrected chi connectivity index (χ2v) is 4.07. The van der Waals surface area contributed by atoms with E-state index >= 15 is 0 Å². The SMILES string of the molecule is N[SH]1(=O)CCC(=O)N1. The number of hydrogen-bond donors (Lipinski definition) is 3. The van der Waals surface area contributed by atoms with Crippen LogP contribution < -0.4 is 9.86 Å². The van der Waals surface area contributed by atoms with Gasteiger partial charge in [-0.15, -0.1) is 0 Å². The van der Waals surface area contributed by atoms with Crippen molar-refractivity contribution in [3.63, 3.8) is 0 Å². The highest BCUT2D eigenvalue weighted by molar-refractivity contribution is 8.00. The fourth-order valence-corrected chi connectivity index (χ4v) is 1.77. The van der Waals surface area contributed by atoms with Gasteiger partial charge in [-0.3, -0.25) is 18.9 Å². The molecule has 0 spiro atoms. The van der Waals surface area contributed by atoms with Crippen LogP contribution in [-0.2, 0) is 15.1 Å². The lowest BCUT2D eigenvalue weighted by atomic mass is 10.5. The topological polar surface area (TPSA) is 72.2 Å². The van der Waals surface area contributed by atoms with Gasteiger partial charge < -0.3 is 0 Å². The van der Waals surface area contributed by atoms with Gasteiger partial charge in [0.2, 0.25) is 5.91 Å². The number of nitrogens with one attached hydrogen (secondary N) is 1. The third kappa shape index (κ3) is 1.05. The summed E-state index contributed by atoms with van der Waals surface area (Å²) in [4.78, 5) is 10.3. The summed E-state index contributed by atoms with van der Waals surface area (Å²) in [5.41, 5.74) is 0. The molecule has 1 rings (SSSR count). The molecule has 1 fully saturated rings. The molecule has 1 heterocycles. The van der Waals surface area contributed by atoms with Gasteiger partial charge >= 0.3 is 0 Å². The molecule has 0 unspecified atom stereocenters. The van der Waals surface area contributed by atoms with Crippen molar-refractivity contribution in [2.75, 3.05) is 5.75 Å². The van der Waals surface area contributed by atoms with Crippen molar-refractivity contribution in [3.8, 4) is 0 Å². The van der Waals surface area contributed by atoms with Crippen molar-refractivity contribution in [3.05, 3.63) is 0 Å². The summed E-state index contributed by atoms with van der Waals surface area (Å²) >= 11 is 0. The average Bonchev–Trinajstić information content (AvgIpc) is 1.82. The number of carbonyl (C=O) groups is 1. The Morgan fingerprint density at radius 3 is 2.50 bits per heavy atom. The van der Waals surface area contributed by atoms with E-state index in [1.54, 1.807) is 0 Å². The zero-order valence-electron chi connectivity index (χ0n) is 4.26. The molecule has 0 bridgehead atoms. The van der Waals surface area contributed by atoms with Gasteiger partial charge in [0.1, 0.15) is 0 Å². The van der Waals surface area contributed by atoms with Crippen LogP contribution in [0.2, 0.25) is 0 Å². The van der Waals surface area contributed by atoms with Crippen LogP contribution in [0.5, 0.6) is 0 Å². The number of thiol groups is 1. The summed E-state index contributed by atoms with van der Waals surface area (Å²) < 4.78 is 12.9. The molecular formula is C3H8N2O2S. The van der Waals surface area contributed by atoms with E-state index in [0.717, 1.165) is 0 Å². The molecule has 0 aromatic carbocycles. The summed E-state index contributed by atoms with van der Waals surface area (Å²) in [6, 6.07) is 0. The Morgan fingerprint density at radius 1 is 1.75 bits per heavy atom. The van der Waals surface area contributed by atoms with Gasteiger partial charge in [0.05, 0.1) is 0 Å². The van der Waals surface area contributed by atoms with Crippen LogP contribution in [0.25, 0.3) is 0 Å². The molecule has 1 aliphatic rings. The van der Waals surface area contributed by atoms with E-state index in [2.05, 4.69) is 4.72 Å². The lowest BCUT2D eigenvalue weighted by molar-refractivity contribution is -0.118. The Labute approximate surface area is 48.1 Å². The largest absolute Gasteiger partial charge is 0.287 e. The lowest BCUT2D eigenvalue weighted by Gasteiger charge is -2.07. The molecule has 5 heteroatoms. The Kier molecular flexibility index (Phi) is 1.09. The number of rotatable bonds is 0. The van der Waals surface area contributed by atoms with E-state index < -0.39 is 10.3 Å². The van der Waals surface area contributed by atoms with Gasteiger partial charge in [0.15, 0.2) is 0 Å². The minimum Gasteiger partial charge on any atom is -0.287 e. The standard InChI is InChI=1S/C3H8N2O2S/c4-8(7)2-1-3(6)5-8/h8H,1-2H2,(H3,4,5,6,7). The molecule has 0 radical (unpaired) electrons. The monoisotopic (exact) mass is 136 g/mol. The van der Waals surface area contributed by atoms with Crippen LogP contribution in [0, 0.1) is 0 Å². The fraction of sp³-hybridized carbons (Fsp3) is 0.667. The van der Waals surface area contributed by atoms with Crippen molar-refractivity contribution in [2.45, 2.75) is 6.42 Å². The summed E-state index contributed by atoms with van der Waals surface area (Å²) in [7, 11) is -2.70. The molecule has 3 N–H and O–H groups in total. The molecular weight excluding hydrogens is 128 g/mol. The molecule has 8 heavy (non-hydrogen) atoms. The highest BCUT2D eigenvalue weighted by atomic mass is 32.3. The van der Waals surface area contributed by atoms with E-state index in [9.17, 15) is 9.00 Å². The normalized spacial score (nSPS) is 29.4. The van der Waals surface area contributed by atoms with Gasteiger partial charge in [0.25, 0.3) is 0 Å². The highest BCUT2D eigenvalue weighted by Gasteiger charge is 2.20. The average molecular weight is 136 g/mol.